The van der Waals surface area contributed by atoms with Gasteiger partial charge in [0.25, 0.3) is 0 Å². The van der Waals surface area contributed by atoms with Crippen LogP contribution in [0.5, 0.6) is 5.75 Å². The van der Waals surface area contributed by atoms with Crippen molar-refractivity contribution in [3.63, 3.8) is 0 Å². The molecule has 4 rings (SSSR count). The topological polar surface area (TPSA) is 84.7 Å². The van der Waals surface area contributed by atoms with Gasteiger partial charge in [-0.3, -0.25) is 9.59 Å². The molecule has 1 aromatic heterocycles. The summed E-state index contributed by atoms with van der Waals surface area (Å²) in [5.41, 5.74) is -0.117. The molecule has 25 heavy (non-hydrogen) atoms. The highest BCUT2D eigenvalue weighted by atomic mass is 16.5. The maximum absolute atomic E-state index is 12.6. The highest BCUT2D eigenvalue weighted by Crippen LogP contribution is 2.44. The minimum atomic E-state index is -1.00. The van der Waals surface area contributed by atoms with E-state index >= 15 is 0 Å². The van der Waals surface area contributed by atoms with Gasteiger partial charge in [0, 0.05) is 31.4 Å². The molecule has 2 aliphatic heterocycles. The average molecular weight is 341 g/mol. The van der Waals surface area contributed by atoms with Gasteiger partial charge in [0.05, 0.1) is 18.3 Å². The summed E-state index contributed by atoms with van der Waals surface area (Å²) in [6.07, 6.45) is 5.29. The van der Waals surface area contributed by atoms with E-state index in [-0.39, 0.29) is 24.9 Å². The summed E-state index contributed by atoms with van der Waals surface area (Å²) in [5.74, 6) is -0.450. The maximum atomic E-state index is 12.6. The molecule has 1 fully saturated rings. The highest BCUT2D eigenvalue weighted by molar-refractivity contribution is 5.81. The van der Waals surface area contributed by atoms with Gasteiger partial charge in [0.1, 0.15) is 12.3 Å². The van der Waals surface area contributed by atoms with Crippen LogP contribution in [-0.2, 0) is 22.6 Å². The smallest absolute Gasteiger partial charge is 0.312 e. The first-order chi connectivity index (χ1) is 12.1. The fourth-order valence-corrected chi connectivity index (χ4v) is 3.85. The number of carbonyl (C=O) groups is 2. The molecule has 2 aromatic rings. The SMILES string of the molecule is O=C(Cn1ccnc1)N1C[C@H]2COc3ccccc3C[C@@]2(C(=O)O)C1. The minimum Gasteiger partial charge on any atom is -0.493 e. The molecular weight excluding hydrogens is 322 g/mol. The predicted octanol–water partition coefficient (Wildman–Crippen LogP) is 1.05. The molecule has 2 atom stereocenters. The number of amides is 1. The van der Waals surface area contributed by atoms with E-state index in [4.69, 9.17) is 4.74 Å². The Morgan fingerprint density at radius 3 is 2.96 bits per heavy atom. The molecule has 130 valence electrons. The first-order valence-corrected chi connectivity index (χ1v) is 8.26. The van der Waals surface area contributed by atoms with Crippen molar-refractivity contribution < 1.29 is 19.4 Å². The van der Waals surface area contributed by atoms with Gasteiger partial charge >= 0.3 is 5.97 Å². The quantitative estimate of drug-likeness (QED) is 0.902. The van der Waals surface area contributed by atoms with Crippen molar-refractivity contribution in [2.75, 3.05) is 19.7 Å². The van der Waals surface area contributed by atoms with Crippen molar-refractivity contribution in [3.8, 4) is 5.75 Å². The van der Waals surface area contributed by atoms with Gasteiger partial charge in [-0.2, -0.15) is 0 Å². The van der Waals surface area contributed by atoms with E-state index in [2.05, 4.69) is 4.98 Å². The van der Waals surface area contributed by atoms with Crippen molar-refractivity contribution in [3.05, 3.63) is 48.5 Å². The van der Waals surface area contributed by atoms with Crippen molar-refractivity contribution in [1.29, 1.82) is 0 Å². The van der Waals surface area contributed by atoms with Gasteiger partial charge in [0.15, 0.2) is 0 Å². The highest BCUT2D eigenvalue weighted by Gasteiger charge is 2.55. The summed E-state index contributed by atoms with van der Waals surface area (Å²) in [6, 6.07) is 7.54. The molecule has 1 saturated heterocycles. The Bertz CT molecular complexity index is 804. The van der Waals surface area contributed by atoms with Crippen LogP contribution in [0.2, 0.25) is 0 Å². The van der Waals surface area contributed by atoms with Gasteiger partial charge in [-0.15, -0.1) is 0 Å². The Labute approximate surface area is 144 Å². The van der Waals surface area contributed by atoms with Gasteiger partial charge in [-0.1, -0.05) is 18.2 Å². The van der Waals surface area contributed by atoms with E-state index in [1.165, 1.54) is 0 Å². The molecule has 0 unspecified atom stereocenters. The van der Waals surface area contributed by atoms with Crippen LogP contribution in [0.1, 0.15) is 5.56 Å². The Hall–Kier alpha value is -2.83. The predicted molar refractivity (Wildman–Crippen MR) is 88.0 cm³/mol. The number of fused-ring (bicyclic) bond motifs is 2. The normalized spacial score (nSPS) is 24.8. The summed E-state index contributed by atoms with van der Waals surface area (Å²) in [6.45, 7) is 1.07. The Balaban J connectivity index is 1.60. The van der Waals surface area contributed by atoms with Crippen molar-refractivity contribution in [1.82, 2.24) is 14.5 Å². The lowest BCUT2D eigenvalue weighted by Gasteiger charge is -2.27. The zero-order valence-electron chi connectivity index (χ0n) is 13.7. The Morgan fingerprint density at radius 2 is 2.20 bits per heavy atom. The molecule has 7 nitrogen and oxygen atoms in total. The molecule has 0 bridgehead atoms. The summed E-state index contributed by atoms with van der Waals surface area (Å²) < 4.78 is 7.55. The van der Waals surface area contributed by atoms with Crippen LogP contribution in [0.25, 0.3) is 0 Å². The number of aliphatic carboxylic acids is 1. The second-order valence-corrected chi connectivity index (χ2v) is 6.76. The largest absolute Gasteiger partial charge is 0.493 e. The molecule has 1 amide bonds. The number of nitrogens with zero attached hydrogens (tertiary/aromatic N) is 3. The Morgan fingerprint density at radius 1 is 1.36 bits per heavy atom. The first kappa shape index (κ1) is 15.7. The number of carboxylic acids is 1. The number of hydrogen-bond donors (Lipinski definition) is 1. The number of hydrogen-bond acceptors (Lipinski definition) is 4. The molecule has 0 radical (unpaired) electrons. The number of para-hydroxylation sites is 1. The third-order valence-electron chi connectivity index (χ3n) is 5.27. The number of ether oxygens (including phenoxy) is 1. The van der Waals surface area contributed by atoms with E-state index in [1.807, 2.05) is 24.3 Å². The lowest BCUT2D eigenvalue weighted by Crippen LogP contribution is -2.42. The summed E-state index contributed by atoms with van der Waals surface area (Å²) >= 11 is 0. The van der Waals surface area contributed by atoms with E-state index in [0.717, 1.165) is 11.3 Å². The minimum absolute atomic E-state index is 0.0972. The van der Waals surface area contributed by atoms with Crippen LogP contribution >= 0.6 is 0 Å². The van der Waals surface area contributed by atoms with E-state index in [0.29, 0.717) is 19.6 Å². The molecule has 1 aromatic carbocycles. The van der Waals surface area contributed by atoms with E-state index in [9.17, 15) is 14.7 Å². The van der Waals surface area contributed by atoms with Crippen LogP contribution in [0.4, 0.5) is 0 Å². The van der Waals surface area contributed by atoms with Crippen molar-refractivity contribution >= 4 is 11.9 Å². The van der Waals surface area contributed by atoms with Crippen LogP contribution in [-0.4, -0.2) is 51.1 Å². The molecular formula is C18H19N3O4. The summed E-state index contributed by atoms with van der Waals surface area (Å²) in [4.78, 5) is 30.4. The third-order valence-corrected chi connectivity index (χ3v) is 5.27. The number of carbonyl (C=O) groups excluding carboxylic acids is 1. The number of likely N-dealkylation sites (tertiary alicyclic amines) is 1. The zero-order chi connectivity index (χ0) is 17.4. The maximum Gasteiger partial charge on any atom is 0.312 e. The third kappa shape index (κ3) is 2.65. The fourth-order valence-electron chi connectivity index (χ4n) is 3.85. The zero-order valence-corrected chi connectivity index (χ0v) is 13.7. The van der Waals surface area contributed by atoms with Crippen LogP contribution in [0.15, 0.2) is 43.0 Å². The van der Waals surface area contributed by atoms with Gasteiger partial charge in [-0.05, 0) is 18.1 Å². The summed E-state index contributed by atoms with van der Waals surface area (Å²) in [7, 11) is 0. The lowest BCUT2D eigenvalue weighted by molar-refractivity contribution is -0.151. The van der Waals surface area contributed by atoms with Crippen LogP contribution < -0.4 is 4.74 Å². The van der Waals surface area contributed by atoms with Crippen molar-refractivity contribution in [2.24, 2.45) is 11.3 Å². The number of imidazole rings is 1. The molecule has 0 aliphatic carbocycles. The monoisotopic (exact) mass is 341 g/mol. The van der Waals surface area contributed by atoms with Gasteiger partial charge in [-0.25, -0.2) is 4.98 Å². The number of benzene rings is 1. The first-order valence-electron chi connectivity index (χ1n) is 8.26. The second-order valence-electron chi connectivity index (χ2n) is 6.76. The Kier molecular flexibility index (Phi) is 3.71. The molecule has 0 spiro atoms. The number of carboxylic acid groups (broad SMARTS) is 1. The van der Waals surface area contributed by atoms with Crippen LogP contribution in [0, 0.1) is 11.3 Å². The van der Waals surface area contributed by atoms with Crippen LogP contribution in [0.3, 0.4) is 0 Å². The molecule has 0 saturated carbocycles. The molecule has 3 heterocycles. The van der Waals surface area contributed by atoms with E-state index in [1.54, 1.807) is 28.2 Å². The van der Waals surface area contributed by atoms with Gasteiger partial charge < -0.3 is 19.3 Å². The molecule has 2 aliphatic rings. The lowest BCUT2D eigenvalue weighted by atomic mass is 9.74. The molecule has 1 N–H and O–H groups in total. The second kappa shape index (κ2) is 5.91. The van der Waals surface area contributed by atoms with Crippen molar-refractivity contribution in [2.45, 2.75) is 13.0 Å². The standard InChI is InChI=1S/C18H19N3O4/c22-16(9-20-6-5-19-12-20)21-8-14-10-25-15-4-2-1-3-13(15)7-18(14,11-21)17(23)24/h1-6,12,14H,7-11H2,(H,23,24)/t14-,18+/m0/s1. The summed E-state index contributed by atoms with van der Waals surface area (Å²) in [5, 5.41) is 10.00. The molecule has 7 heteroatoms. The van der Waals surface area contributed by atoms with Gasteiger partial charge in [0.2, 0.25) is 5.91 Å². The average Bonchev–Trinajstić information content (AvgIpc) is 3.20. The fraction of sp³-hybridized carbons (Fsp3) is 0.389. The van der Waals surface area contributed by atoms with E-state index < -0.39 is 11.4 Å². The number of rotatable bonds is 3. The number of aromatic nitrogens is 2.